The predicted octanol–water partition coefficient (Wildman–Crippen LogP) is 2.19. The van der Waals surface area contributed by atoms with E-state index >= 15 is 0 Å². The Labute approximate surface area is 127 Å². The molecule has 0 N–H and O–H groups in total. The highest BCUT2D eigenvalue weighted by Gasteiger charge is 2.16. The number of carbonyl (C=O) groups is 2. The van der Waals surface area contributed by atoms with Gasteiger partial charge in [0.2, 0.25) is 5.91 Å². The summed E-state index contributed by atoms with van der Waals surface area (Å²) in [5, 5.41) is 2.66. The molecule has 0 unspecified atom stereocenters. The number of hydrogen-bond acceptors (Lipinski definition) is 5. The van der Waals surface area contributed by atoms with Crippen LogP contribution in [0.3, 0.4) is 0 Å². The molecule has 21 heavy (non-hydrogen) atoms. The molecule has 0 aliphatic heterocycles. The van der Waals surface area contributed by atoms with Crippen molar-refractivity contribution in [1.82, 2.24) is 14.9 Å². The van der Waals surface area contributed by atoms with Gasteiger partial charge < -0.3 is 4.90 Å². The number of rotatable bonds is 6. The van der Waals surface area contributed by atoms with Crippen molar-refractivity contribution in [2.75, 3.05) is 13.1 Å². The summed E-state index contributed by atoms with van der Waals surface area (Å²) in [5.74, 6) is -0.0942. The van der Waals surface area contributed by atoms with Gasteiger partial charge in [0.05, 0.1) is 24.4 Å². The number of amides is 1. The zero-order chi connectivity index (χ0) is 15.2. The van der Waals surface area contributed by atoms with E-state index in [0.717, 1.165) is 10.7 Å². The van der Waals surface area contributed by atoms with E-state index in [0.29, 0.717) is 12.2 Å². The minimum atomic E-state index is -0.0782. The summed E-state index contributed by atoms with van der Waals surface area (Å²) in [4.78, 5) is 33.5. The Bertz CT molecular complexity index is 625. The predicted molar refractivity (Wildman–Crippen MR) is 82.0 cm³/mol. The van der Waals surface area contributed by atoms with E-state index in [1.807, 2.05) is 30.5 Å². The van der Waals surface area contributed by atoms with Crippen LogP contribution in [0, 0.1) is 0 Å². The Balaban J connectivity index is 2.05. The zero-order valence-corrected chi connectivity index (χ0v) is 12.9. The molecule has 110 valence electrons. The van der Waals surface area contributed by atoms with Crippen LogP contribution in [-0.2, 0) is 16.0 Å². The van der Waals surface area contributed by atoms with Crippen molar-refractivity contribution >= 4 is 23.0 Å². The topological polar surface area (TPSA) is 63.2 Å². The first-order valence-corrected chi connectivity index (χ1v) is 7.61. The molecule has 2 rings (SSSR count). The molecule has 0 fully saturated rings. The second-order valence-corrected chi connectivity index (χ2v) is 5.50. The molecule has 6 heteroatoms. The van der Waals surface area contributed by atoms with Crippen LogP contribution in [-0.4, -0.2) is 39.6 Å². The summed E-state index contributed by atoms with van der Waals surface area (Å²) in [6.07, 6.45) is 1.93. The number of ketones is 1. The Morgan fingerprint density at radius 1 is 1.33 bits per heavy atom. The molecule has 2 aromatic heterocycles. The fourth-order valence-electron chi connectivity index (χ4n) is 1.91. The van der Waals surface area contributed by atoms with Crippen LogP contribution >= 0.6 is 11.3 Å². The average molecular weight is 303 g/mol. The largest absolute Gasteiger partial charge is 0.335 e. The van der Waals surface area contributed by atoms with Crippen LogP contribution in [0.25, 0.3) is 10.7 Å². The number of hydrogen-bond donors (Lipinski definition) is 0. The van der Waals surface area contributed by atoms with Gasteiger partial charge in [0.15, 0.2) is 0 Å². The zero-order valence-electron chi connectivity index (χ0n) is 12.1. The van der Waals surface area contributed by atoms with Gasteiger partial charge in [-0.1, -0.05) is 6.07 Å². The third-order valence-electron chi connectivity index (χ3n) is 2.92. The van der Waals surface area contributed by atoms with Crippen LogP contribution in [0.2, 0.25) is 0 Å². The third-order valence-corrected chi connectivity index (χ3v) is 3.83. The second kappa shape index (κ2) is 7.08. The fraction of sp³-hybridized carbons (Fsp3) is 0.333. The molecule has 0 saturated heterocycles. The van der Waals surface area contributed by atoms with Crippen molar-refractivity contribution in [3.8, 4) is 10.7 Å². The molecule has 2 heterocycles. The fourth-order valence-corrected chi connectivity index (χ4v) is 2.70. The summed E-state index contributed by atoms with van der Waals surface area (Å²) in [7, 11) is 0. The molecule has 0 aliphatic carbocycles. The van der Waals surface area contributed by atoms with E-state index in [1.165, 1.54) is 18.3 Å². The smallest absolute Gasteiger partial charge is 0.229 e. The van der Waals surface area contributed by atoms with Gasteiger partial charge in [-0.3, -0.25) is 14.6 Å². The lowest BCUT2D eigenvalue weighted by atomic mass is 10.2. The summed E-state index contributed by atoms with van der Waals surface area (Å²) < 4.78 is 0. The van der Waals surface area contributed by atoms with Gasteiger partial charge in [0.1, 0.15) is 10.8 Å². The first-order chi connectivity index (χ1) is 10.1. The Kier molecular flexibility index (Phi) is 5.16. The number of pyridine rings is 1. The molecule has 0 bridgehead atoms. The lowest BCUT2D eigenvalue weighted by Crippen LogP contribution is -2.35. The van der Waals surface area contributed by atoms with Crippen LogP contribution in [0.4, 0.5) is 0 Å². The molecule has 5 nitrogen and oxygen atoms in total. The number of aromatic nitrogens is 2. The maximum Gasteiger partial charge on any atom is 0.229 e. The highest BCUT2D eigenvalue weighted by atomic mass is 32.1. The van der Waals surface area contributed by atoms with E-state index in [-0.39, 0.29) is 24.7 Å². The summed E-state index contributed by atoms with van der Waals surface area (Å²) in [6.45, 7) is 4.03. The molecule has 0 saturated carbocycles. The van der Waals surface area contributed by atoms with Crippen LogP contribution in [0.15, 0.2) is 29.8 Å². The maximum atomic E-state index is 12.1. The lowest BCUT2D eigenvalue weighted by molar-refractivity contribution is -0.134. The van der Waals surface area contributed by atoms with Gasteiger partial charge in [-0.15, -0.1) is 11.3 Å². The number of nitrogens with zero attached hydrogens (tertiary/aromatic N) is 3. The van der Waals surface area contributed by atoms with Gasteiger partial charge in [0.25, 0.3) is 0 Å². The molecule has 0 aliphatic rings. The van der Waals surface area contributed by atoms with E-state index in [4.69, 9.17) is 0 Å². The van der Waals surface area contributed by atoms with Crippen LogP contribution in [0.1, 0.15) is 19.5 Å². The van der Waals surface area contributed by atoms with E-state index in [9.17, 15) is 9.59 Å². The molecule has 0 spiro atoms. The van der Waals surface area contributed by atoms with Crippen molar-refractivity contribution in [2.45, 2.75) is 20.3 Å². The minimum absolute atomic E-state index is 0.0161. The number of Topliss-reactive ketones (excluding diaryl/α,β-unsaturated/α-hetero) is 1. The van der Waals surface area contributed by atoms with Crippen molar-refractivity contribution in [3.63, 3.8) is 0 Å². The van der Waals surface area contributed by atoms with E-state index in [2.05, 4.69) is 9.97 Å². The van der Waals surface area contributed by atoms with Crippen molar-refractivity contribution < 1.29 is 9.59 Å². The second-order valence-electron chi connectivity index (χ2n) is 4.65. The van der Waals surface area contributed by atoms with E-state index < -0.39 is 0 Å². The summed E-state index contributed by atoms with van der Waals surface area (Å²) >= 11 is 1.47. The molecule has 0 aromatic carbocycles. The first-order valence-electron chi connectivity index (χ1n) is 6.73. The standard InChI is InChI=1S/C15H17N3O2S/c1-3-18(9-11(2)19)14(20)8-12-10-21-15(17-12)13-6-4-5-7-16-13/h4-7,10H,3,8-9H2,1-2H3. The van der Waals surface area contributed by atoms with Crippen molar-refractivity contribution in [1.29, 1.82) is 0 Å². The lowest BCUT2D eigenvalue weighted by Gasteiger charge is -2.18. The third kappa shape index (κ3) is 4.19. The van der Waals surface area contributed by atoms with Crippen molar-refractivity contribution in [2.24, 2.45) is 0 Å². The Hall–Kier alpha value is -2.08. The molecular weight excluding hydrogens is 286 g/mol. The number of thiazole rings is 1. The van der Waals surface area contributed by atoms with Gasteiger partial charge in [-0.25, -0.2) is 4.98 Å². The Morgan fingerprint density at radius 2 is 2.14 bits per heavy atom. The first kappa shape index (κ1) is 15.3. The molecule has 2 aromatic rings. The highest BCUT2D eigenvalue weighted by molar-refractivity contribution is 7.13. The van der Waals surface area contributed by atoms with Crippen LogP contribution in [0.5, 0.6) is 0 Å². The van der Waals surface area contributed by atoms with Gasteiger partial charge in [-0.2, -0.15) is 0 Å². The average Bonchev–Trinajstić information content (AvgIpc) is 2.94. The van der Waals surface area contributed by atoms with Crippen molar-refractivity contribution in [3.05, 3.63) is 35.5 Å². The molecule has 0 atom stereocenters. The molecular formula is C15H17N3O2S. The SMILES string of the molecule is CCN(CC(C)=O)C(=O)Cc1csc(-c2ccccn2)n1. The monoisotopic (exact) mass is 303 g/mol. The number of likely N-dealkylation sites (N-methyl/N-ethyl adjacent to an activating group) is 1. The van der Waals surface area contributed by atoms with Gasteiger partial charge in [-0.05, 0) is 26.0 Å². The quantitative estimate of drug-likeness (QED) is 0.820. The van der Waals surface area contributed by atoms with Crippen LogP contribution < -0.4 is 0 Å². The number of carbonyl (C=O) groups excluding carboxylic acids is 2. The summed E-state index contributed by atoms with van der Waals surface area (Å²) in [6, 6.07) is 5.64. The minimum Gasteiger partial charge on any atom is -0.335 e. The van der Waals surface area contributed by atoms with Gasteiger partial charge in [0, 0.05) is 18.1 Å². The molecule has 1 amide bonds. The van der Waals surface area contributed by atoms with Gasteiger partial charge >= 0.3 is 0 Å². The highest BCUT2D eigenvalue weighted by Crippen LogP contribution is 2.21. The normalized spacial score (nSPS) is 10.4. The Morgan fingerprint density at radius 3 is 2.76 bits per heavy atom. The molecule has 0 radical (unpaired) electrons. The summed E-state index contributed by atoms with van der Waals surface area (Å²) in [5.41, 5.74) is 1.52. The maximum absolute atomic E-state index is 12.1. The van der Waals surface area contributed by atoms with E-state index in [1.54, 1.807) is 11.1 Å².